The molecule has 9 rings (SSSR count). The first-order valence-electron chi connectivity index (χ1n) is 18.3. The summed E-state index contributed by atoms with van der Waals surface area (Å²) in [5.41, 5.74) is 0. The zero-order chi connectivity index (χ0) is 27.1. The van der Waals surface area contributed by atoms with E-state index in [2.05, 4.69) is 42.5 Å². The van der Waals surface area contributed by atoms with Gasteiger partial charge in [-0.05, 0) is 0 Å². The monoisotopic (exact) mass is 628 g/mol. The summed E-state index contributed by atoms with van der Waals surface area (Å²) >= 11 is 0.892. The summed E-state index contributed by atoms with van der Waals surface area (Å²) < 4.78 is 0.967. The Morgan fingerprint density at radius 1 is 0.293 bits per heavy atom. The van der Waals surface area contributed by atoms with Crippen molar-refractivity contribution in [3.8, 4) is 0 Å². The molecule has 8 nitrogen and oxygen atoms in total. The molecule has 9 fully saturated rings. The Hall–Kier alpha value is 0.223. The number of hydrogen-bond donors (Lipinski definition) is 8. The third-order valence-corrected chi connectivity index (χ3v) is 17.1. The van der Waals surface area contributed by atoms with E-state index >= 15 is 0 Å². The van der Waals surface area contributed by atoms with E-state index in [1.807, 2.05) is 0 Å². The van der Waals surface area contributed by atoms with Crippen LogP contribution in [0.2, 0.25) is 4.75 Å². The van der Waals surface area contributed by atoms with E-state index in [0.29, 0.717) is 49.3 Å². The van der Waals surface area contributed by atoms with Gasteiger partial charge in [0.2, 0.25) is 0 Å². The number of hydrogen-bond acceptors (Lipinski definition) is 8. The average molecular weight is 627 g/mol. The molecule has 4 aliphatic carbocycles. The van der Waals surface area contributed by atoms with Crippen LogP contribution in [-0.2, 0) is 0 Å². The van der Waals surface area contributed by atoms with Crippen LogP contribution in [0.4, 0.5) is 0 Å². The Balaban J connectivity index is 1.06. The van der Waals surface area contributed by atoms with E-state index in [4.69, 9.17) is 0 Å². The molecule has 17 atom stereocenters. The van der Waals surface area contributed by atoms with Crippen molar-refractivity contribution in [3.63, 3.8) is 0 Å². The Kier molecular flexibility index (Phi) is 7.54. The molecule has 0 aromatic rings. The molecule has 8 bridgehead atoms. The zero-order valence-corrected chi connectivity index (χ0v) is 29.6. The van der Waals surface area contributed by atoms with E-state index in [1.165, 1.54) is 96.3 Å². The number of fused-ring (bicyclic) bond motifs is 20. The van der Waals surface area contributed by atoms with Gasteiger partial charge in [-0.3, -0.25) is 0 Å². The van der Waals surface area contributed by atoms with Crippen molar-refractivity contribution >= 4 is 16.5 Å². The van der Waals surface area contributed by atoms with Crippen LogP contribution in [0.15, 0.2) is 0 Å². The number of nitrogens with one attached hydrogen (secondary N) is 8. The third kappa shape index (κ3) is 4.75. The summed E-state index contributed by atoms with van der Waals surface area (Å²) in [5, 5.41) is 34.0. The summed E-state index contributed by atoms with van der Waals surface area (Å²) in [6, 6.07) is 0. The molecule has 5 heterocycles. The predicted octanol–water partition coefficient (Wildman–Crippen LogP) is 1.37. The molecular weight excluding hydrogens is 569 g/mol. The second-order valence-corrected chi connectivity index (χ2v) is 19.3. The summed E-state index contributed by atoms with van der Waals surface area (Å²) in [7, 11) is 0. The van der Waals surface area contributed by atoms with Gasteiger partial charge in [0.05, 0.1) is 0 Å². The Morgan fingerprint density at radius 2 is 0.561 bits per heavy atom. The minimum atomic E-state index is 0.422. The molecule has 9 heteroatoms. The van der Waals surface area contributed by atoms with Crippen LogP contribution in [-0.4, -0.2) is 65.8 Å². The molecule has 0 amide bonds. The van der Waals surface area contributed by atoms with E-state index in [0.717, 1.165) is 68.6 Å². The summed E-state index contributed by atoms with van der Waals surface area (Å²) in [5.74, 6) is 6.07. The van der Waals surface area contributed by atoms with Crippen LogP contribution >= 0.6 is 0 Å². The van der Waals surface area contributed by atoms with Crippen LogP contribution in [0, 0.1) is 47.3 Å². The molecule has 8 N–H and O–H groups in total. The topological polar surface area (TPSA) is 96.2 Å². The minimum absolute atomic E-state index is 0.422. The number of rotatable bonds is 0. The van der Waals surface area contributed by atoms with Gasteiger partial charge in [0, 0.05) is 0 Å². The Bertz CT molecular complexity index is 953. The Morgan fingerprint density at radius 3 is 0.902 bits per heavy atom. The summed E-state index contributed by atoms with van der Waals surface area (Å²) in [6.45, 7) is 0. The summed E-state index contributed by atoms with van der Waals surface area (Å²) in [6.07, 6.45) is 24.4. The van der Waals surface area contributed by atoms with E-state index < -0.39 is 0 Å². The predicted molar refractivity (Wildman–Crippen MR) is 166 cm³/mol. The van der Waals surface area contributed by atoms with E-state index in [-0.39, 0.29) is 0 Å². The van der Waals surface area contributed by atoms with Gasteiger partial charge in [-0.2, -0.15) is 0 Å². The molecule has 230 valence electrons. The second kappa shape index (κ2) is 11.2. The van der Waals surface area contributed by atoms with Crippen LogP contribution in [0.3, 0.4) is 0 Å². The molecule has 17 unspecified atom stereocenters. The van der Waals surface area contributed by atoms with Gasteiger partial charge < -0.3 is 0 Å². The van der Waals surface area contributed by atoms with Crippen LogP contribution < -0.4 is 42.5 Å². The molecule has 0 aromatic carbocycles. The van der Waals surface area contributed by atoms with Gasteiger partial charge in [-0.1, -0.05) is 6.42 Å². The van der Waals surface area contributed by atoms with Gasteiger partial charge >= 0.3 is 250 Å². The molecule has 9 aliphatic rings. The first-order valence-corrected chi connectivity index (χ1v) is 20.7. The van der Waals surface area contributed by atoms with Gasteiger partial charge in [0.15, 0.2) is 0 Å². The molecular formula is C32H58GeN8. The van der Waals surface area contributed by atoms with Gasteiger partial charge in [0.1, 0.15) is 0 Å². The van der Waals surface area contributed by atoms with Crippen molar-refractivity contribution in [3.05, 3.63) is 0 Å². The molecule has 5 aliphatic heterocycles. The van der Waals surface area contributed by atoms with Crippen molar-refractivity contribution in [2.75, 3.05) is 0 Å². The average Bonchev–Trinajstić information content (AvgIpc) is 3.73. The van der Waals surface area contributed by atoms with Gasteiger partial charge in [-0.25, -0.2) is 0 Å². The molecule has 0 spiro atoms. The normalized spacial score (nSPS) is 58.4. The molecule has 41 heavy (non-hydrogen) atoms. The quantitative estimate of drug-likeness (QED) is 0.191. The first-order chi connectivity index (χ1) is 20.2. The summed E-state index contributed by atoms with van der Waals surface area (Å²) in [4.78, 5) is 0. The fraction of sp³-hybridized carbons (Fsp3) is 1.00. The standard InChI is InChI=1S/C32H58GeN8/c33-23-15-7-14-22-24(23)32-40-30-21-13-6-5-12-20(21)28(38-30)36-26-17-9-2-1-8-16(17)25(34-26)35-27-18-10-3-4-11-19(18)29(37-27)39-31(22)41-32/h16-32,34-41H,1-15H2,33H3. The van der Waals surface area contributed by atoms with Gasteiger partial charge in [-0.15, -0.1) is 0 Å². The third-order valence-electron chi connectivity index (χ3n) is 14.2. The van der Waals surface area contributed by atoms with Crippen LogP contribution in [0.5, 0.6) is 0 Å². The maximum absolute atomic E-state index is 4.32. The van der Waals surface area contributed by atoms with Crippen molar-refractivity contribution in [2.24, 2.45) is 47.3 Å². The first kappa shape index (κ1) is 27.5. The molecule has 5 saturated heterocycles. The molecule has 0 aromatic heterocycles. The van der Waals surface area contributed by atoms with Crippen molar-refractivity contribution in [1.29, 1.82) is 0 Å². The van der Waals surface area contributed by atoms with E-state index in [9.17, 15) is 0 Å². The SMILES string of the molecule is [GeH3][CH]1CCCC2C3NC4NC(NC5NC(NC6NC(NC(N3)C12)C1CCCCC61)C1CCCCC51)C1CCCCC41. The van der Waals surface area contributed by atoms with E-state index in [1.54, 1.807) is 0 Å². The Labute approximate surface area is 256 Å². The van der Waals surface area contributed by atoms with Crippen molar-refractivity contribution in [2.45, 2.75) is 150 Å². The molecule has 4 saturated carbocycles. The molecule has 0 radical (unpaired) electrons. The fourth-order valence-electron chi connectivity index (χ4n) is 12.4. The van der Waals surface area contributed by atoms with Crippen molar-refractivity contribution < 1.29 is 0 Å². The van der Waals surface area contributed by atoms with Crippen molar-refractivity contribution in [1.82, 2.24) is 42.5 Å². The fourth-order valence-corrected chi connectivity index (χ4v) is 15.1. The van der Waals surface area contributed by atoms with Crippen LogP contribution in [0.1, 0.15) is 96.3 Å². The maximum atomic E-state index is 4.32. The van der Waals surface area contributed by atoms with Crippen LogP contribution in [0.25, 0.3) is 0 Å². The zero-order valence-electron chi connectivity index (χ0n) is 25.4. The van der Waals surface area contributed by atoms with Gasteiger partial charge in [0.25, 0.3) is 0 Å². The second-order valence-electron chi connectivity index (χ2n) is 16.1.